The summed E-state index contributed by atoms with van der Waals surface area (Å²) < 4.78 is 4.40. The Hall–Kier alpha value is -1.50. The monoisotopic (exact) mass is 156 g/mol. The molecule has 0 aliphatic rings. The summed E-state index contributed by atoms with van der Waals surface area (Å²) in [5, 5.41) is 8.14. The van der Waals surface area contributed by atoms with E-state index in [0.29, 0.717) is 0 Å². The van der Waals surface area contributed by atoms with Gasteiger partial charge < -0.3 is 9.84 Å². The Bertz CT molecular complexity index is 189. The fraction of sp³-hybridized carbons (Fsp3) is 0.429. The third kappa shape index (κ3) is 6.38. The quantitative estimate of drug-likeness (QED) is 0.460. The fourth-order valence-corrected chi connectivity index (χ4v) is 0.403. The van der Waals surface area contributed by atoms with Gasteiger partial charge in [-0.15, -0.1) is 6.42 Å². The molecule has 0 heterocycles. The summed E-state index contributed by atoms with van der Waals surface area (Å²) in [4.78, 5) is 20.5. The van der Waals surface area contributed by atoms with Crippen molar-refractivity contribution in [3.05, 3.63) is 0 Å². The lowest BCUT2D eigenvalue weighted by molar-refractivity contribution is -0.146. The standard InChI is InChI=1S/C7H8O4/c1-2-5-11-7(10)4-3-6(8)9/h1H,3-5H2,(H,8,9). The van der Waals surface area contributed by atoms with Crippen molar-refractivity contribution in [2.24, 2.45) is 0 Å². The van der Waals surface area contributed by atoms with Gasteiger partial charge in [0.1, 0.15) is 0 Å². The first-order valence-corrected chi connectivity index (χ1v) is 2.97. The van der Waals surface area contributed by atoms with Crippen LogP contribution in [0.4, 0.5) is 0 Å². The van der Waals surface area contributed by atoms with Gasteiger partial charge in [0, 0.05) is 0 Å². The molecule has 0 amide bonds. The molecule has 0 aliphatic carbocycles. The number of aliphatic carboxylic acids is 1. The molecule has 0 radical (unpaired) electrons. The van der Waals surface area contributed by atoms with E-state index in [2.05, 4.69) is 10.7 Å². The molecule has 0 aromatic carbocycles. The molecule has 4 heteroatoms. The van der Waals surface area contributed by atoms with E-state index in [1.54, 1.807) is 0 Å². The van der Waals surface area contributed by atoms with Gasteiger partial charge in [0.15, 0.2) is 6.61 Å². The van der Waals surface area contributed by atoms with Gasteiger partial charge in [0.05, 0.1) is 12.8 Å². The minimum absolute atomic E-state index is 0.0988. The van der Waals surface area contributed by atoms with Gasteiger partial charge in [-0.3, -0.25) is 9.59 Å². The Morgan fingerprint density at radius 1 is 1.45 bits per heavy atom. The third-order valence-corrected chi connectivity index (χ3v) is 0.859. The molecule has 0 aromatic heterocycles. The lowest BCUT2D eigenvalue weighted by Crippen LogP contribution is -2.07. The topological polar surface area (TPSA) is 63.6 Å². The Labute approximate surface area is 64.2 Å². The van der Waals surface area contributed by atoms with Gasteiger partial charge in [0.25, 0.3) is 0 Å². The van der Waals surface area contributed by atoms with E-state index in [4.69, 9.17) is 11.5 Å². The minimum Gasteiger partial charge on any atom is -0.481 e. The summed E-state index contributed by atoms with van der Waals surface area (Å²) in [6, 6.07) is 0. The van der Waals surface area contributed by atoms with Crippen molar-refractivity contribution in [2.45, 2.75) is 12.8 Å². The van der Waals surface area contributed by atoms with Crippen molar-refractivity contribution in [3.63, 3.8) is 0 Å². The molecule has 0 rings (SSSR count). The summed E-state index contributed by atoms with van der Waals surface area (Å²) in [5.41, 5.74) is 0. The summed E-state index contributed by atoms with van der Waals surface area (Å²) in [6.45, 7) is -0.0988. The van der Waals surface area contributed by atoms with Crippen molar-refractivity contribution < 1.29 is 19.4 Å². The number of esters is 1. The highest BCUT2D eigenvalue weighted by molar-refractivity contribution is 5.76. The molecule has 60 valence electrons. The number of carboxylic acids is 1. The maximum Gasteiger partial charge on any atom is 0.307 e. The van der Waals surface area contributed by atoms with Crippen LogP contribution in [0.5, 0.6) is 0 Å². The van der Waals surface area contributed by atoms with Gasteiger partial charge in [-0.05, 0) is 0 Å². The Morgan fingerprint density at radius 3 is 2.55 bits per heavy atom. The van der Waals surface area contributed by atoms with E-state index in [9.17, 15) is 9.59 Å². The highest BCUT2D eigenvalue weighted by Crippen LogP contribution is 1.91. The second-order valence-corrected chi connectivity index (χ2v) is 1.76. The van der Waals surface area contributed by atoms with Crippen molar-refractivity contribution in [3.8, 4) is 12.3 Å². The Morgan fingerprint density at radius 2 is 2.09 bits per heavy atom. The maximum absolute atomic E-state index is 10.5. The van der Waals surface area contributed by atoms with Gasteiger partial charge in [-0.25, -0.2) is 0 Å². The smallest absolute Gasteiger partial charge is 0.307 e. The summed E-state index contributed by atoms with van der Waals surface area (Å²) >= 11 is 0. The lowest BCUT2D eigenvalue weighted by atomic mass is 10.3. The van der Waals surface area contributed by atoms with Crippen molar-refractivity contribution >= 4 is 11.9 Å². The Balaban J connectivity index is 3.39. The summed E-state index contributed by atoms with van der Waals surface area (Å²) in [7, 11) is 0. The van der Waals surface area contributed by atoms with Crippen LogP contribution in [0.3, 0.4) is 0 Å². The number of hydrogen-bond donors (Lipinski definition) is 1. The maximum atomic E-state index is 10.5. The average Bonchev–Trinajstić information content (AvgIpc) is 1.97. The van der Waals surface area contributed by atoms with Crippen molar-refractivity contribution in [2.75, 3.05) is 6.61 Å². The van der Waals surface area contributed by atoms with Crippen molar-refractivity contribution in [1.82, 2.24) is 0 Å². The molecule has 0 saturated carbocycles. The van der Waals surface area contributed by atoms with Gasteiger partial charge in [-0.1, -0.05) is 5.92 Å². The predicted molar refractivity (Wildman–Crippen MR) is 36.7 cm³/mol. The lowest BCUT2D eigenvalue weighted by Gasteiger charge is -1.96. The van der Waals surface area contributed by atoms with E-state index in [0.717, 1.165) is 0 Å². The molecule has 0 bridgehead atoms. The molecule has 0 atom stereocenters. The van der Waals surface area contributed by atoms with E-state index < -0.39 is 11.9 Å². The van der Waals surface area contributed by atoms with Crippen LogP contribution in [0.2, 0.25) is 0 Å². The molecule has 0 spiro atoms. The van der Waals surface area contributed by atoms with Crippen molar-refractivity contribution in [1.29, 1.82) is 0 Å². The van der Waals surface area contributed by atoms with Crippen LogP contribution in [-0.2, 0) is 14.3 Å². The van der Waals surface area contributed by atoms with Gasteiger partial charge >= 0.3 is 11.9 Å². The van der Waals surface area contributed by atoms with E-state index in [1.165, 1.54) is 0 Å². The number of carbonyl (C=O) groups is 2. The first kappa shape index (κ1) is 9.50. The molecule has 0 fully saturated rings. The number of terminal acetylenes is 1. The normalized spacial score (nSPS) is 8.27. The van der Waals surface area contributed by atoms with Crippen LogP contribution < -0.4 is 0 Å². The zero-order chi connectivity index (χ0) is 8.69. The second-order valence-electron chi connectivity index (χ2n) is 1.76. The van der Waals surface area contributed by atoms with Gasteiger partial charge in [0.2, 0.25) is 0 Å². The molecule has 11 heavy (non-hydrogen) atoms. The number of ether oxygens (including phenoxy) is 1. The van der Waals surface area contributed by atoms with Crippen LogP contribution in [0.25, 0.3) is 0 Å². The van der Waals surface area contributed by atoms with Crippen LogP contribution >= 0.6 is 0 Å². The first-order valence-electron chi connectivity index (χ1n) is 2.97. The predicted octanol–water partition coefficient (Wildman–Crippen LogP) is 0.0276. The highest BCUT2D eigenvalue weighted by Gasteiger charge is 2.04. The SMILES string of the molecule is C#CCOC(=O)CCC(=O)O. The third-order valence-electron chi connectivity index (χ3n) is 0.859. The fourth-order valence-electron chi connectivity index (χ4n) is 0.403. The average molecular weight is 156 g/mol. The molecule has 0 saturated heterocycles. The highest BCUT2D eigenvalue weighted by atomic mass is 16.5. The second kappa shape index (κ2) is 5.30. The number of rotatable bonds is 4. The summed E-state index contributed by atoms with van der Waals surface area (Å²) in [5.74, 6) is 0.492. The Kier molecular flexibility index (Phi) is 4.58. The molecule has 0 aromatic rings. The summed E-state index contributed by atoms with van der Waals surface area (Å²) in [6.07, 6.45) is 4.44. The van der Waals surface area contributed by atoms with E-state index >= 15 is 0 Å². The molecule has 0 unspecified atom stereocenters. The van der Waals surface area contributed by atoms with Crippen LogP contribution in [0, 0.1) is 12.3 Å². The zero-order valence-corrected chi connectivity index (χ0v) is 5.87. The number of carbonyl (C=O) groups excluding carboxylic acids is 1. The van der Waals surface area contributed by atoms with E-state index in [-0.39, 0.29) is 19.4 Å². The molecule has 0 aliphatic heterocycles. The van der Waals surface area contributed by atoms with Crippen LogP contribution in [0.15, 0.2) is 0 Å². The molecule has 1 N–H and O–H groups in total. The molecular formula is C7H8O4. The number of carboxylic acid groups (broad SMARTS) is 1. The van der Waals surface area contributed by atoms with Gasteiger partial charge in [-0.2, -0.15) is 0 Å². The minimum atomic E-state index is -1.03. The van der Waals surface area contributed by atoms with E-state index in [1.807, 2.05) is 0 Å². The van der Waals surface area contributed by atoms with Crippen LogP contribution in [-0.4, -0.2) is 23.7 Å². The first-order chi connectivity index (χ1) is 5.16. The number of hydrogen-bond acceptors (Lipinski definition) is 3. The molecular weight excluding hydrogens is 148 g/mol. The van der Waals surface area contributed by atoms with Crippen LogP contribution in [0.1, 0.15) is 12.8 Å². The molecule has 4 nitrogen and oxygen atoms in total. The zero-order valence-electron chi connectivity index (χ0n) is 5.87. The largest absolute Gasteiger partial charge is 0.481 e.